The summed E-state index contributed by atoms with van der Waals surface area (Å²) in [7, 11) is 3.22. The predicted octanol–water partition coefficient (Wildman–Crippen LogP) is 1.31. The lowest BCUT2D eigenvalue weighted by Crippen LogP contribution is -2.37. The zero-order chi connectivity index (χ0) is 16.7. The number of aromatic nitrogens is 3. The largest absolute Gasteiger partial charge is 0.383 e. The number of ether oxygens (including phenoxy) is 2. The van der Waals surface area contributed by atoms with Crippen LogP contribution in [0.1, 0.15) is 16.3 Å². The maximum Gasteiger partial charge on any atom is 0.272 e. The molecule has 2 aromatic rings. The SMILES string of the molecule is COCCN(CCOC)C(=O)c1cc(-n2ccnc2C)ccn1. The fourth-order valence-electron chi connectivity index (χ4n) is 2.22. The van der Waals surface area contributed by atoms with E-state index in [0.29, 0.717) is 32.0 Å². The van der Waals surface area contributed by atoms with Crippen molar-refractivity contribution in [1.29, 1.82) is 0 Å². The first kappa shape index (κ1) is 17.1. The third-order valence-electron chi connectivity index (χ3n) is 3.48. The summed E-state index contributed by atoms with van der Waals surface area (Å²) in [5.41, 5.74) is 1.25. The van der Waals surface area contributed by atoms with E-state index in [1.807, 2.05) is 23.8 Å². The normalized spacial score (nSPS) is 10.7. The van der Waals surface area contributed by atoms with Crippen molar-refractivity contribution in [1.82, 2.24) is 19.4 Å². The minimum atomic E-state index is -0.140. The quantitative estimate of drug-likeness (QED) is 0.734. The molecule has 0 aliphatic carbocycles. The molecular weight excluding hydrogens is 296 g/mol. The lowest BCUT2D eigenvalue weighted by Gasteiger charge is -2.21. The summed E-state index contributed by atoms with van der Waals surface area (Å²) < 4.78 is 12.0. The van der Waals surface area contributed by atoms with Crippen LogP contribution in [0.3, 0.4) is 0 Å². The van der Waals surface area contributed by atoms with Gasteiger partial charge in [-0.1, -0.05) is 0 Å². The molecule has 0 spiro atoms. The zero-order valence-electron chi connectivity index (χ0n) is 13.7. The molecule has 0 bridgehead atoms. The summed E-state index contributed by atoms with van der Waals surface area (Å²) in [6, 6.07) is 3.61. The monoisotopic (exact) mass is 318 g/mol. The van der Waals surface area contributed by atoms with Gasteiger partial charge in [-0.15, -0.1) is 0 Å². The highest BCUT2D eigenvalue weighted by Crippen LogP contribution is 2.12. The zero-order valence-corrected chi connectivity index (χ0v) is 13.7. The molecule has 0 radical (unpaired) electrons. The molecule has 0 unspecified atom stereocenters. The maximum absolute atomic E-state index is 12.7. The van der Waals surface area contributed by atoms with Gasteiger partial charge < -0.3 is 18.9 Å². The lowest BCUT2D eigenvalue weighted by atomic mass is 10.2. The minimum Gasteiger partial charge on any atom is -0.383 e. The maximum atomic E-state index is 12.7. The van der Waals surface area contributed by atoms with Crippen LogP contribution < -0.4 is 0 Å². The van der Waals surface area contributed by atoms with Gasteiger partial charge in [-0.05, 0) is 19.1 Å². The van der Waals surface area contributed by atoms with Crippen molar-refractivity contribution in [2.45, 2.75) is 6.92 Å². The molecule has 0 saturated heterocycles. The van der Waals surface area contributed by atoms with E-state index in [1.165, 1.54) is 0 Å². The number of carbonyl (C=O) groups excluding carboxylic acids is 1. The lowest BCUT2D eigenvalue weighted by molar-refractivity contribution is 0.0622. The Morgan fingerprint density at radius 3 is 2.43 bits per heavy atom. The molecule has 0 N–H and O–H groups in total. The molecule has 2 rings (SSSR count). The topological polar surface area (TPSA) is 69.5 Å². The van der Waals surface area contributed by atoms with E-state index >= 15 is 0 Å². The number of amides is 1. The van der Waals surface area contributed by atoms with E-state index < -0.39 is 0 Å². The van der Waals surface area contributed by atoms with Gasteiger partial charge in [0, 0.05) is 45.9 Å². The Bertz CT molecular complexity index is 634. The molecule has 23 heavy (non-hydrogen) atoms. The molecule has 124 valence electrons. The van der Waals surface area contributed by atoms with Gasteiger partial charge in [0.15, 0.2) is 0 Å². The third kappa shape index (κ3) is 4.37. The second-order valence-corrected chi connectivity index (χ2v) is 5.02. The van der Waals surface area contributed by atoms with Crippen molar-refractivity contribution >= 4 is 5.91 Å². The number of pyridine rings is 1. The van der Waals surface area contributed by atoms with E-state index in [4.69, 9.17) is 9.47 Å². The number of hydrogen-bond donors (Lipinski definition) is 0. The van der Waals surface area contributed by atoms with Crippen LogP contribution in [-0.4, -0.2) is 65.9 Å². The molecule has 7 heteroatoms. The van der Waals surface area contributed by atoms with Crippen LogP contribution in [0.2, 0.25) is 0 Å². The molecule has 0 atom stereocenters. The van der Waals surface area contributed by atoms with Crippen molar-refractivity contribution in [2.75, 3.05) is 40.5 Å². The Hall–Kier alpha value is -2.25. The molecule has 0 aromatic carbocycles. The van der Waals surface area contributed by atoms with Gasteiger partial charge in [0.1, 0.15) is 11.5 Å². The van der Waals surface area contributed by atoms with E-state index in [-0.39, 0.29) is 5.91 Å². The fraction of sp³-hybridized carbons (Fsp3) is 0.438. The van der Waals surface area contributed by atoms with Gasteiger partial charge in [-0.2, -0.15) is 0 Å². The number of hydrogen-bond acceptors (Lipinski definition) is 5. The Labute approximate surface area is 135 Å². The number of carbonyl (C=O) groups is 1. The number of rotatable bonds is 8. The van der Waals surface area contributed by atoms with Crippen LogP contribution in [0.5, 0.6) is 0 Å². The van der Waals surface area contributed by atoms with Crippen molar-refractivity contribution in [3.05, 3.63) is 42.2 Å². The molecule has 0 fully saturated rings. The highest BCUT2D eigenvalue weighted by atomic mass is 16.5. The van der Waals surface area contributed by atoms with Gasteiger partial charge in [0.25, 0.3) is 5.91 Å². The molecular formula is C16H22N4O3. The number of methoxy groups -OCH3 is 2. The van der Waals surface area contributed by atoms with E-state index in [0.717, 1.165) is 11.5 Å². The van der Waals surface area contributed by atoms with Crippen molar-refractivity contribution in [2.24, 2.45) is 0 Å². The third-order valence-corrected chi connectivity index (χ3v) is 3.48. The second kappa shape index (κ2) is 8.40. The molecule has 0 aliphatic heterocycles. The van der Waals surface area contributed by atoms with Crippen molar-refractivity contribution in [3.8, 4) is 5.69 Å². The number of imidazole rings is 1. The van der Waals surface area contributed by atoms with E-state index in [9.17, 15) is 4.79 Å². The Morgan fingerprint density at radius 1 is 1.17 bits per heavy atom. The summed E-state index contributed by atoms with van der Waals surface area (Å²) in [5.74, 6) is 0.712. The molecule has 7 nitrogen and oxygen atoms in total. The fourth-order valence-corrected chi connectivity index (χ4v) is 2.22. The summed E-state index contributed by atoms with van der Waals surface area (Å²) in [6.07, 6.45) is 5.21. The first-order valence-corrected chi connectivity index (χ1v) is 7.41. The first-order valence-electron chi connectivity index (χ1n) is 7.41. The average Bonchev–Trinajstić information content (AvgIpc) is 3.00. The first-order chi connectivity index (χ1) is 11.2. The van der Waals surface area contributed by atoms with Crippen LogP contribution in [0, 0.1) is 6.92 Å². The van der Waals surface area contributed by atoms with Gasteiger partial charge in [0.2, 0.25) is 0 Å². The van der Waals surface area contributed by atoms with E-state index in [2.05, 4.69) is 9.97 Å². The average molecular weight is 318 g/mol. The summed E-state index contributed by atoms with van der Waals surface area (Å²) in [6.45, 7) is 3.83. The van der Waals surface area contributed by atoms with Crippen LogP contribution in [-0.2, 0) is 9.47 Å². The smallest absolute Gasteiger partial charge is 0.272 e. The Kier molecular flexibility index (Phi) is 6.25. The standard InChI is InChI=1S/C16H22N4O3/c1-13-17-6-7-20(13)14-4-5-18-15(12-14)16(21)19(8-10-22-2)9-11-23-3/h4-7,12H,8-11H2,1-3H3. The molecule has 1 amide bonds. The van der Waals surface area contributed by atoms with Gasteiger partial charge in [-0.25, -0.2) is 4.98 Å². The number of nitrogens with zero attached hydrogens (tertiary/aromatic N) is 4. The van der Waals surface area contributed by atoms with Crippen molar-refractivity contribution in [3.63, 3.8) is 0 Å². The summed E-state index contributed by atoms with van der Waals surface area (Å²) in [5, 5.41) is 0. The van der Waals surface area contributed by atoms with Crippen LogP contribution in [0.25, 0.3) is 5.69 Å². The molecule has 0 aliphatic rings. The summed E-state index contributed by atoms with van der Waals surface area (Å²) >= 11 is 0. The summed E-state index contributed by atoms with van der Waals surface area (Å²) in [4.78, 5) is 22.8. The van der Waals surface area contributed by atoms with Gasteiger partial charge in [0.05, 0.1) is 18.9 Å². The van der Waals surface area contributed by atoms with E-state index in [1.54, 1.807) is 37.6 Å². The van der Waals surface area contributed by atoms with Gasteiger partial charge >= 0.3 is 0 Å². The predicted molar refractivity (Wildman–Crippen MR) is 85.8 cm³/mol. The highest BCUT2D eigenvalue weighted by molar-refractivity contribution is 5.92. The van der Waals surface area contributed by atoms with Crippen molar-refractivity contribution < 1.29 is 14.3 Å². The molecule has 2 aromatic heterocycles. The van der Waals surface area contributed by atoms with Crippen LogP contribution >= 0.6 is 0 Å². The van der Waals surface area contributed by atoms with Crippen LogP contribution in [0.4, 0.5) is 0 Å². The second-order valence-electron chi connectivity index (χ2n) is 5.02. The molecule has 0 saturated carbocycles. The highest BCUT2D eigenvalue weighted by Gasteiger charge is 2.17. The Morgan fingerprint density at radius 2 is 1.87 bits per heavy atom. The van der Waals surface area contributed by atoms with Gasteiger partial charge in [-0.3, -0.25) is 9.78 Å². The number of aryl methyl sites for hydroxylation is 1. The minimum absolute atomic E-state index is 0.140. The van der Waals surface area contributed by atoms with Crippen LogP contribution in [0.15, 0.2) is 30.7 Å². The molecule has 2 heterocycles. The Balaban J connectivity index is 2.21.